The lowest BCUT2D eigenvalue weighted by molar-refractivity contribution is -0.114. The monoisotopic (exact) mass is 469 g/mol. The molecule has 0 fully saturated rings. The highest BCUT2D eigenvalue weighted by Gasteiger charge is 2.21. The van der Waals surface area contributed by atoms with Gasteiger partial charge in [-0.3, -0.25) is 14.6 Å². The Kier molecular flexibility index (Phi) is 5.74. The first-order valence-electron chi connectivity index (χ1n) is 10.7. The number of nitrogens with one attached hydrogen (secondary N) is 2. The maximum Gasteiger partial charge on any atom is 0.260 e. The molecule has 6 nitrogen and oxygen atoms in total. The Bertz CT molecular complexity index is 1460. The van der Waals surface area contributed by atoms with Crippen molar-refractivity contribution in [3.8, 4) is 5.75 Å². The van der Waals surface area contributed by atoms with Gasteiger partial charge >= 0.3 is 0 Å². The van der Waals surface area contributed by atoms with Gasteiger partial charge in [-0.05, 0) is 29.7 Å². The zero-order valence-corrected chi connectivity index (χ0v) is 19.0. The maximum absolute atomic E-state index is 12.8. The number of nitrogens with zero attached hydrogens (tertiary/aromatic N) is 1. The number of benzene rings is 4. The fourth-order valence-electron chi connectivity index (χ4n) is 4.07. The predicted octanol–water partition coefficient (Wildman–Crippen LogP) is 5.54. The summed E-state index contributed by atoms with van der Waals surface area (Å²) in [5.74, 6) is -0.130. The van der Waals surface area contributed by atoms with Gasteiger partial charge in [0.25, 0.3) is 5.91 Å². The Morgan fingerprint density at radius 1 is 1.00 bits per heavy atom. The van der Waals surface area contributed by atoms with Crippen molar-refractivity contribution < 1.29 is 14.3 Å². The van der Waals surface area contributed by atoms with Gasteiger partial charge in [-0.25, -0.2) is 0 Å². The summed E-state index contributed by atoms with van der Waals surface area (Å²) in [5, 5.41) is 8.16. The summed E-state index contributed by atoms with van der Waals surface area (Å²) < 4.78 is 5.27. The molecule has 0 atom stereocenters. The molecule has 2 N–H and O–H groups in total. The summed E-state index contributed by atoms with van der Waals surface area (Å²) in [7, 11) is 1.49. The van der Waals surface area contributed by atoms with E-state index in [1.807, 2.05) is 48.5 Å². The first kappa shape index (κ1) is 21.7. The molecule has 0 radical (unpaired) electrons. The highest BCUT2D eigenvalue weighted by atomic mass is 35.5. The lowest BCUT2D eigenvalue weighted by Gasteiger charge is -2.14. The van der Waals surface area contributed by atoms with Gasteiger partial charge in [-0.15, -0.1) is 0 Å². The van der Waals surface area contributed by atoms with Crippen molar-refractivity contribution in [1.82, 2.24) is 0 Å². The molecule has 34 heavy (non-hydrogen) atoms. The minimum Gasteiger partial charge on any atom is -0.496 e. The summed E-state index contributed by atoms with van der Waals surface area (Å²) in [4.78, 5) is 29.8. The molecule has 1 heterocycles. The van der Waals surface area contributed by atoms with Crippen molar-refractivity contribution in [2.24, 2.45) is 4.99 Å². The second-order valence-corrected chi connectivity index (χ2v) is 8.18. The van der Waals surface area contributed by atoms with Crippen LogP contribution in [0.25, 0.3) is 10.8 Å². The molecular weight excluding hydrogens is 450 g/mol. The Morgan fingerprint density at radius 2 is 1.79 bits per heavy atom. The molecule has 0 spiro atoms. The van der Waals surface area contributed by atoms with Gasteiger partial charge in [0, 0.05) is 22.2 Å². The fourth-order valence-corrected chi connectivity index (χ4v) is 4.32. The average Bonchev–Trinajstić information content (AvgIpc) is 3.02. The lowest BCUT2D eigenvalue weighted by atomic mass is 9.96. The van der Waals surface area contributed by atoms with Crippen LogP contribution in [-0.2, 0) is 4.79 Å². The number of hydrogen-bond donors (Lipinski definition) is 2. The second kappa shape index (κ2) is 9.00. The molecule has 2 amide bonds. The van der Waals surface area contributed by atoms with Crippen molar-refractivity contribution >= 4 is 51.3 Å². The molecule has 5 rings (SSSR count). The van der Waals surface area contributed by atoms with Crippen LogP contribution in [-0.4, -0.2) is 31.2 Å². The van der Waals surface area contributed by atoms with Crippen LogP contribution >= 0.6 is 11.6 Å². The maximum atomic E-state index is 12.8. The van der Waals surface area contributed by atoms with Crippen molar-refractivity contribution in [1.29, 1.82) is 0 Å². The van der Waals surface area contributed by atoms with Gasteiger partial charge in [0.05, 0.1) is 23.5 Å². The van der Waals surface area contributed by atoms with Crippen LogP contribution in [0.2, 0.25) is 5.02 Å². The highest BCUT2D eigenvalue weighted by molar-refractivity contribution is 6.35. The van der Waals surface area contributed by atoms with Crippen LogP contribution in [0, 0.1) is 0 Å². The van der Waals surface area contributed by atoms with Crippen LogP contribution in [0.4, 0.5) is 11.4 Å². The molecule has 1 aliphatic heterocycles. The molecule has 0 unspecified atom stereocenters. The minimum absolute atomic E-state index is 0.0309. The van der Waals surface area contributed by atoms with Crippen LogP contribution in [0.5, 0.6) is 5.75 Å². The van der Waals surface area contributed by atoms with Crippen LogP contribution in [0.15, 0.2) is 83.9 Å². The van der Waals surface area contributed by atoms with E-state index in [-0.39, 0.29) is 23.9 Å². The van der Waals surface area contributed by atoms with Crippen LogP contribution < -0.4 is 15.4 Å². The van der Waals surface area contributed by atoms with E-state index in [4.69, 9.17) is 16.3 Å². The van der Waals surface area contributed by atoms with Gasteiger partial charge in [-0.2, -0.15) is 0 Å². The van der Waals surface area contributed by atoms with Gasteiger partial charge in [0.2, 0.25) is 5.91 Å². The average molecular weight is 470 g/mol. The van der Waals surface area contributed by atoms with Gasteiger partial charge < -0.3 is 15.4 Å². The number of hydrogen-bond acceptors (Lipinski definition) is 4. The molecule has 0 bridgehead atoms. The molecule has 0 saturated heterocycles. The van der Waals surface area contributed by atoms with Crippen molar-refractivity contribution in [3.63, 3.8) is 0 Å². The van der Waals surface area contributed by atoms with E-state index in [1.165, 1.54) is 7.11 Å². The Balaban J connectivity index is 1.47. The van der Waals surface area contributed by atoms with E-state index in [9.17, 15) is 9.59 Å². The zero-order chi connectivity index (χ0) is 23.7. The summed E-state index contributed by atoms with van der Waals surface area (Å²) in [6.45, 7) is 0.0309. The summed E-state index contributed by atoms with van der Waals surface area (Å²) in [6.07, 6.45) is 0. The summed E-state index contributed by atoms with van der Waals surface area (Å²) in [6, 6.07) is 24.3. The standard InChI is InChI=1S/C27H20ClN3O3/c1-34-22-8-4-7-21(28)24(22)27(33)30-18-12-9-17(10-13-18)25-20-14-11-16-5-2-3-6-19(16)26(20)31-23(32)15-29-25/h2-14H,15H2,1H3,(H,30,33)(H,31,32). The van der Waals surface area contributed by atoms with E-state index >= 15 is 0 Å². The first-order valence-corrected chi connectivity index (χ1v) is 11.0. The van der Waals surface area contributed by atoms with E-state index in [0.29, 0.717) is 22.2 Å². The number of aliphatic imine (C=N–C) groups is 1. The smallest absolute Gasteiger partial charge is 0.260 e. The third-order valence-electron chi connectivity index (χ3n) is 5.67. The molecule has 168 valence electrons. The molecule has 1 aliphatic rings. The minimum atomic E-state index is -0.367. The molecule has 0 aromatic heterocycles. The Hall–Kier alpha value is -4.16. The fraction of sp³-hybridized carbons (Fsp3) is 0.0741. The molecule has 0 saturated carbocycles. The summed E-state index contributed by atoms with van der Waals surface area (Å²) >= 11 is 6.22. The number of fused-ring (bicyclic) bond motifs is 3. The zero-order valence-electron chi connectivity index (χ0n) is 18.3. The quantitative estimate of drug-likeness (QED) is 0.411. The van der Waals surface area contributed by atoms with Gasteiger partial charge in [0.1, 0.15) is 17.9 Å². The van der Waals surface area contributed by atoms with E-state index in [2.05, 4.69) is 15.6 Å². The van der Waals surface area contributed by atoms with E-state index in [1.54, 1.807) is 30.3 Å². The molecule has 0 aliphatic carbocycles. The van der Waals surface area contributed by atoms with Crippen LogP contribution in [0.1, 0.15) is 21.5 Å². The largest absolute Gasteiger partial charge is 0.496 e. The molecule has 7 heteroatoms. The predicted molar refractivity (Wildman–Crippen MR) is 135 cm³/mol. The van der Waals surface area contributed by atoms with E-state index < -0.39 is 0 Å². The number of halogens is 1. The third kappa shape index (κ3) is 4.00. The number of carbonyl (C=O) groups excluding carboxylic acids is 2. The Morgan fingerprint density at radius 3 is 2.59 bits per heavy atom. The molecule has 4 aromatic carbocycles. The summed E-state index contributed by atoms with van der Waals surface area (Å²) in [5.41, 5.74) is 4.02. The highest BCUT2D eigenvalue weighted by Crippen LogP contribution is 2.32. The lowest BCUT2D eigenvalue weighted by Crippen LogP contribution is -2.14. The van der Waals surface area contributed by atoms with Crippen molar-refractivity contribution in [3.05, 3.63) is 101 Å². The second-order valence-electron chi connectivity index (χ2n) is 7.77. The van der Waals surface area contributed by atoms with Crippen molar-refractivity contribution in [2.45, 2.75) is 0 Å². The number of methoxy groups -OCH3 is 1. The van der Waals surface area contributed by atoms with Crippen molar-refractivity contribution in [2.75, 3.05) is 24.3 Å². The first-order chi connectivity index (χ1) is 16.5. The number of ether oxygens (including phenoxy) is 1. The van der Waals surface area contributed by atoms with Gasteiger partial charge in [-0.1, -0.05) is 66.2 Å². The number of amides is 2. The SMILES string of the molecule is COc1cccc(Cl)c1C(=O)Nc1ccc(C2=NCC(=O)Nc3c2ccc2ccccc32)cc1. The van der Waals surface area contributed by atoms with Gasteiger partial charge in [0.15, 0.2) is 0 Å². The number of carbonyl (C=O) groups is 2. The molecule has 4 aromatic rings. The van der Waals surface area contributed by atoms with E-state index in [0.717, 1.165) is 27.6 Å². The Labute approximate surface area is 201 Å². The topological polar surface area (TPSA) is 79.8 Å². The normalized spacial score (nSPS) is 12.9. The molecular formula is C27H20ClN3O3. The number of anilines is 2. The third-order valence-corrected chi connectivity index (χ3v) is 5.98. The van der Waals surface area contributed by atoms with Crippen LogP contribution in [0.3, 0.4) is 0 Å². The number of rotatable bonds is 4.